The van der Waals surface area contributed by atoms with Crippen molar-refractivity contribution in [2.45, 2.75) is 44.6 Å². The van der Waals surface area contributed by atoms with Crippen molar-refractivity contribution in [1.29, 1.82) is 0 Å². The molecule has 1 saturated heterocycles. The van der Waals surface area contributed by atoms with Crippen LogP contribution < -0.4 is 0 Å². The van der Waals surface area contributed by atoms with Gasteiger partial charge in [0.05, 0.1) is 0 Å². The van der Waals surface area contributed by atoms with Gasteiger partial charge in [0.2, 0.25) is 5.91 Å². The molecule has 1 aromatic rings. The minimum atomic E-state index is -0.900. The molecule has 0 saturated carbocycles. The van der Waals surface area contributed by atoms with E-state index in [2.05, 4.69) is 0 Å². The molecule has 0 radical (unpaired) electrons. The molecule has 0 aliphatic carbocycles. The highest BCUT2D eigenvalue weighted by Crippen LogP contribution is 2.20. The number of amides is 1. The van der Waals surface area contributed by atoms with E-state index in [0.29, 0.717) is 30.8 Å². The van der Waals surface area contributed by atoms with E-state index in [0.717, 1.165) is 24.8 Å². The van der Waals surface area contributed by atoms with Gasteiger partial charge in [-0.25, -0.2) is 4.79 Å². The van der Waals surface area contributed by atoms with E-state index < -0.39 is 12.0 Å². The van der Waals surface area contributed by atoms with Crippen LogP contribution in [-0.2, 0) is 16.0 Å². The van der Waals surface area contributed by atoms with Gasteiger partial charge in [-0.2, -0.15) is 0 Å². The highest BCUT2D eigenvalue weighted by molar-refractivity contribution is 6.31. The summed E-state index contributed by atoms with van der Waals surface area (Å²) in [7, 11) is 0. The molecule has 1 N–H and O–H groups in total. The second kappa shape index (κ2) is 7.46. The Kier molecular flexibility index (Phi) is 5.62. The molecule has 1 unspecified atom stereocenters. The standard InChI is InChI=1S/C16H20ClNO3/c17-13-7-4-3-6-12(13)9-10-15(19)18-11-5-1-2-8-14(18)16(20)21/h3-4,6-7,14H,1-2,5,8-11H2,(H,20,21). The molecule has 1 heterocycles. The zero-order valence-electron chi connectivity index (χ0n) is 11.9. The largest absolute Gasteiger partial charge is 0.480 e. The number of benzene rings is 1. The molecule has 1 amide bonds. The summed E-state index contributed by atoms with van der Waals surface area (Å²) in [6.45, 7) is 0.540. The number of carbonyl (C=O) groups excluding carboxylic acids is 1. The van der Waals surface area contributed by atoms with Crippen LogP contribution in [0.3, 0.4) is 0 Å². The molecular formula is C16H20ClNO3. The van der Waals surface area contributed by atoms with E-state index >= 15 is 0 Å². The zero-order chi connectivity index (χ0) is 15.2. The fourth-order valence-corrected chi connectivity index (χ4v) is 2.98. The van der Waals surface area contributed by atoms with Gasteiger partial charge in [0.15, 0.2) is 0 Å². The normalized spacial score (nSPS) is 19.1. The van der Waals surface area contributed by atoms with Gasteiger partial charge in [0, 0.05) is 18.0 Å². The van der Waals surface area contributed by atoms with E-state index in [-0.39, 0.29) is 5.91 Å². The van der Waals surface area contributed by atoms with E-state index in [1.54, 1.807) is 6.07 Å². The predicted molar refractivity (Wildman–Crippen MR) is 81.4 cm³/mol. The summed E-state index contributed by atoms with van der Waals surface area (Å²) in [6, 6.07) is 6.76. The summed E-state index contributed by atoms with van der Waals surface area (Å²) in [6.07, 6.45) is 4.12. The lowest BCUT2D eigenvalue weighted by Gasteiger charge is -2.27. The molecule has 114 valence electrons. The van der Waals surface area contributed by atoms with Crippen LogP contribution in [0.25, 0.3) is 0 Å². The van der Waals surface area contributed by atoms with Crippen LogP contribution in [0.4, 0.5) is 0 Å². The Hall–Kier alpha value is -1.55. The summed E-state index contributed by atoms with van der Waals surface area (Å²) >= 11 is 6.08. The monoisotopic (exact) mass is 309 g/mol. The number of carbonyl (C=O) groups is 2. The number of halogens is 1. The van der Waals surface area contributed by atoms with Crippen molar-refractivity contribution in [3.63, 3.8) is 0 Å². The lowest BCUT2D eigenvalue weighted by molar-refractivity contribution is -0.150. The number of nitrogens with zero attached hydrogens (tertiary/aromatic N) is 1. The third kappa shape index (κ3) is 4.21. The fraction of sp³-hybridized carbons (Fsp3) is 0.500. The van der Waals surface area contributed by atoms with Crippen molar-refractivity contribution >= 4 is 23.5 Å². The number of carboxylic acids is 1. The van der Waals surface area contributed by atoms with Crippen molar-refractivity contribution in [2.24, 2.45) is 0 Å². The van der Waals surface area contributed by atoms with Crippen molar-refractivity contribution in [1.82, 2.24) is 4.90 Å². The first kappa shape index (κ1) is 15.8. The number of carboxylic acid groups (broad SMARTS) is 1. The molecule has 21 heavy (non-hydrogen) atoms. The van der Waals surface area contributed by atoms with Gasteiger partial charge in [-0.3, -0.25) is 4.79 Å². The SMILES string of the molecule is O=C(O)C1CCCCCN1C(=O)CCc1ccccc1Cl. The molecule has 5 heteroatoms. The van der Waals surface area contributed by atoms with Crippen LogP contribution in [0.2, 0.25) is 5.02 Å². The molecule has 4 nitrogen and oxygen atoms in total. The summed E-state index contributed by atoms with van der Waals surface area (Å²) in [5.74, 6) is -0.993. The molecule has 0 bridgehead atoms. The molecule has 1 aliphatic rings. The van der Waals surface area contributed by atoms with Gasteiger partial charge in [0.25, 0.3) is 0 Å². The number of hydrogen-bond acceptors (Lipinski definition) is 2. The highest BCUT2D eigenvalue weighted by atomic mass is 35.5. The third-order valence-corrected chi connectivity index (χ3v) is 4.29. The Labute approximate surface area is 129 Å². The first-order chi connectivity index (χ1) is 10.1. The van der Waals surface area contributed by atoms with Crippen molar-refractivity contribution in [3.05, 3.63) is 34.9 Å². The van der Waals surface area contributed by atoms with E-state index in [1.807, 2.05) is 18.2 Å². The second-order valence-electron chi connectivity index (χ2n) is 5.38. The molecule has 1 aromatic carbocycles. The minimum absolute atomic E-state index is 0.0933. The first-order valence-corrected chi connectivity index (χ1v) is 7.73. The Morgan fingerprint density at radius 1 is 1.24 bits per heavy atom. The van der Waals surface area contributed by atoms with Gasteiger partial charge in [-0.15, -0.1) is 0 Å². The van der Waals surface area contributed by atoms with Gasteiger partial charge in [-0.05, 0) is 30.9 Å². The Balaban J connectivity index is 2.00. The maximum absolute atomic E-state index is 12.4. The highest BCUT2D eigenvalue weighted by Gasteiger charge is 2.30. The minimum Gasteiger partial charge on any atom is -0.480 e. The topological polar surface area (TPSA) is 57.6 Å². The van der Waals surface area contributed by atoms with E-state index in [1.165, 1.54) is 4.90 Å². The van der Waals surface area contributed by atoms with E-state index in [9.17, 15) is 14.7 Å². The summed E-state index contributed by atoms with van der Waals surface area (Å²) in [5, 5.41) is 9.95. The number of likely N-dealkylation sites (tertiary alicyclic amines) is 1. The van der Waals surface area contributed by atoms with Crippen molar-refractivity contribution < 1.29 is 14.7 Å². The van der Waals surface area contributed by atoms with Crippen LogP contribution in [0.1, 0.15) is 37.7 Å². The van der Waals surface area contributed by atoms with Crippen LogP contribution in [-0.4, -0.2) is 34.5 Å². The Bertz CT molecular complexity index is 518. The molecular weight excluding hydrogens is 290 g/mol. The van der Waals surface area contributed by atoms with Crippen LogP contribution in [0.5, 0.6) is 0 Å². The molecule has 0 aromatic heterocycles. The average Bonchev–Trinajstić information content (AvgIpc) is 2.72. The van der Waals surface area contributed by atoms with E-state index in [4.69, 9.17) is 11.6 Å². The van der Waals surface area contributed by atoms with Crippen LogP contribution in [0, 0.1) is 0 Å². The number of rotatable bonds is 4. The predicted octanol–water partition coefficient (Wildman–Crippen LogP) is 3.13. The molecule has 1 fully saturated rings. The number of hydrogen-bond donors (Lipinski definition) is 1. The van der Waals surface area contributed by atoms with Crippen LogP contribution >= 0.6 is 11.6 Å². The molecule has 1 atom stereocenters. The van der Waals surface area contributed by atoms with Crippen molar-refractivity contribution in [3.8, 4) is 0 Å². The summed E-state index contributed by atoms with van der Waals surface area (Å²) in [4.78, 5) is 25.2. The lowest BCUT2D eigenvalue weighted by Crippen LogP contribution is -2.44. The maximum atomic E-state index is 12.4. The zero-order valence-corrected chi connectivity index (χ0v) is 12.7. The maximum Gasteiger partial charge on any atom is 0.326 e. The van der Waals surface area contributed by atoms with Crippen molar-refractivity contribution in [2.75, 3.05) is 6.54 Å². The Morgan fingerprint density at radius 2 is 2.00 bits per heavy atom. The average molecular weight is 310 g/mol. The second-order valence-corrected chi connectivity index (χ2v) is 5.79. The number of aliphatic carboxylic acids is 1. The van der Waals surface area contributed by atoms with Gasteiger partial charge < -0.3 is 10.0 Å². The smallest absolute Gasteiger partial charge is 0.326 e. The number of aryl methyl sites for hydroxylation is 1. The fourth-order valence-electron chi connectivity index (χ4n) is 2.75. The molecule has 2 rings (SSSR count). The summed E-state index contributed by atoms with van der Waals surface area (Å²) < 4.78 is 0. The van der Waals surface area contributed by atoms with Gasteiger partial charge in [0.1, 0.15) is 6.04 Å². The molecule has 0 spiro atoms. The summed E-state index contributed by atoms with van der Waals surface area (Å²) in [5.41, 5.74) is 0.925. The van der Waals surface area contributed by atoms with Gasteiger partial charge >= 0.3 is 5.97 Å². The van der Waals surface area contributed by atoms with Gasteiger partial charge in [-0.1, -0.05) is 42.6 Å². The third-order valence-electron chi connectivity index (χ3n) is 3.92. The molecule has 1 aliphatic heterocycles. The quantitative estimate of drug-likeness (QED) is 0.929. The lowest BCUT2D eigenvalue weighted by atomic mass is 10.1. The Morgan fingerprint density at radius 3 is 2.71 bits per heavy atom. The first-order valence-electron chi connectivity index (χ1n) is 7.35. The van der Waals surface area contributed by atoms with Crippen LogP contribution in [0.15, 0.2) is 24.3 Å².